The van der Waals surface area contributed by atoms with E-state index < -0.39 is 22.6 Å². The Bertz CT molecular complexity index is 525. The van der Waals surface area contributed by atoms with E-state index in [1.54, 1.807) is 0 Å². The number of hydrogen-bond donors (Lipinski definition) is 1. The lowest BCUT2D eigenvalue weighted by Gasteiger charge is -2.17. The van der Waals surface area contributed by atoms with Crippen LogP contribution in [0.25, 0.3) is 0 Å². The lowest BCUT2D eigenvalue weighted by molar-refractivity contribution is 0.483. The molecule has 0 spiro atoms. The summed E-state index contributed by atoms with van der Waals surface area (Å²) in [6.45, 7) is 0. The average molecular weight is 393 g/mol. The van der Waals surface area contributed by atoms with Crippen LogP contribution in [0.4, 0.5) is 0 Å². The fourth-order valence-corrected chi connectivity index (χ4v) is 2.28. The fraction of sp³-hybridized carbons (Fsp3) is 0.250. The van der Waals surface area contributed by atoms with Gasteiger partial charge in [-0.1, -0.05) is 69.6 Å². The predicted octanol–water partition coefficient (Wildman–Crippen LogP) is 4.59. The first-order valence-electron chi connectivity index (χ1n) is 4.09. The van der Waals surface area contributed by atoms with Crippen LogP contribution in [0.1, 0.15) is 11.1 Å². The van der Waals surface area contributed by atoms with Gasteiger partial charge in [-0.3, -0.25) is 4.55 Å². The third-order valence-electron chi connectivity index (χ3n) is 1.86. The molecule has 1 aromatic rings. The molecule has 0 aromatic heterocycles. The van der Waals surface area contributed by atoms with Gasteiger partial charge in [-0.15, -0.1) is 0 Å². The van der Waals surface area contributed by atoms with Gasteiger partial charge in [0.15, 0.2) is 0 Å². The van der Waals surface area contributed by atoms with Crippen LogP contribution in [0.2, 0.25) is 0 Å². The van der Waals surface area contributed by atoms with Crippen LogP contribution >= 0.6 is 69.6 Å². The number of hydrogen-bond acceptors (Lipinski definition) is 2. The first kappa shape index (κ1) is 16.9. The molecule has 0 amide bonds. The predicted molar refractivity (Wildman–Crippen MR) is 74.7 cm³/mol. The summed E-state index contributed by atoms with van der Waals surface area (Å²) in [4.78, 5) is -0.535. The molecule has 0 aliphatic rings. The molecule has 0 aliphatic carbocycles. The highest BCUT2D eigenvalue weighted by molar-refractivity contribution is 7.85. The van der Waals surface area contributed by atoms with Crippen LogP contribution in [-0.4, -0.2) is 13.0 Å². The SMILES string of the molecule is O=S(=O)(O)c1cc(C(Cl)(Cl)Cl)cc(C(Cl)(Cl)Cl)c1. The maximum atomic E-state index is 11.1. The summed E-state index contributed by atoms with van der Waals surface area (Å²) >= 11 is 33.8. The molecular formula is C8H4Cl6O3S. The molecule has 3 nitrogen and oxygen atoms in total. The van der Waals surface area contributed by atoms with Crippen LogP contribution in [-0.2, 0) is 17.7 Å². The lowest BCUT2D eigenvalue weighted by Crippen LogP contribution is -2.09. The van der Waals surface area contributed by atoms with Crippen LogP contribution in [0.5, 0.6) is 0 Å². The van der Waals surface area contributed by atoms with Gasteiger partial charge in [-0.2, -0.15) is 8.42 Å². The molecule has 0 saturated carbocycles. The molecule has 10 heteroatoms. The largest absolute Gasteiger partial charge is 0.294 e. The Morgan fingerprint density at radius 2 is 1.17 bits per heavy atom. The highest BCUT2D eigenvalue weighted by Gasteiger charge is 2.31. The van der Waals surface area contributed by atoms with Gasteiger partial charge >= 0.3 is 0 Å². The van der Waals surface area contributed by atoms with Gasteiger partial charge in [0.2, 0.25) is 7.59 Å². The normalized spacial score (nSPS) is 13.7. The Kier molecular flexibility index (Phi) is 5.02. The van der Waals surface area contributed by atoms with Crippen molar-refractivity contribution in [2.45, 2.75) is 12.5 Å². The molecule has 1 aromatic carbocycles. The minimum Gasteiger partial charge on any atom is -0.282 e. The van der Waals surface area contributed by atoms with Crippen LogP contribution in [0.3, 0.4) is 0 Å². The van der Waals surface area contributed by atoms with E-state index in [0.29, 0.717) is 0 Å². The molecule has 0 fully saturated rings. The Hall–Kier alpha value is 0.870. The summed E-state index contributed by atoms with van der Waals surface area (Å²) in [5.41, 5.74) is -0.104. The van der Waals surface area contributed by atoms with Crippen molar-refractivity contribution in [3.05, 3.63) is 29.3 Å². The quantitative estimate of drug-likeness (QED) is 0.562. The zero-order valence-corrected chi connectivity index (χ0v) is 13.5. The van der Waals surface area contributed by atoms with Gasteiger partial charge in [-0.05, 0) is 18.2 Å². The van der Waals surface area contributed by atoms with Crippen molar-refractivity contribution in [3.63, 3.8) is 0 Å². The topological polar surface area (TPSA) is 54.4 Å². The molecule has 0 heterocycles. The van der Waals surface area contributed by atoms with Crippen LogP contribution < -0.4 is 0 Å². The fourth-order valence-electron chi connectivity index (χ4n) is 1.08. The highest BCUT2D eigenvalue weighted by atomic mass is 35.6. The second-order valence-electron chi connectivity index (χ2n) is 3.22. The van der Waals surface area contributed by atoms with E-state index >= 15 is 0 Å². The zero-order chi connectivity index (χ0) is 14.4. The first-order chi connectivity index (χ1) is 7.82. The molecule has 0 radical (unpaired) electrons. The maximum absolute atomic E-state index is 11.1. The van der Waals surface area contributed by atoms with Gasteiger partial charge in [0.1, 0.15) is 0 Å². The number of rotatable bonds is 1. The molecule has 1 rings (SSSR count). The molecule has 18 heavy (non-hydrogen) atoms. The Morgan fingerprint density at radius 1 is 0.833 bits per heavy atom. The standard InChI is InChI=1S/C8H4Cl6O3S/c9-7(10,11)4-1-5(8(12,13)14)3-6(2-4)18(15,16)17/h1-3H,(H,15,16,17). The number of halogens is 6. The lowest BCUT2D eigenvalue weighted by atomic mass is 10.1. The molecule has 102 valence electrons. The monoisotopic (exact) mass is 390 g/mol. The van der Waals surface area contributed by atoms with Crippen molar-refractivity contribution >= 4 is 79.7 Å². The van der Waals surface area contributed by atoms with Crippen LogP contribution in [0, 0.1) is 0 Å². The minimum absolute atomic E-state index is 0.0519. The van der Waals surface area contributed by atoms with Crippen molar-refractivity contribution in [2.24, 2.45) is 0 Å². The third kappa shape index (κ3) is 4.46. The van der Waals surface area contributed by atoms with E-state index in [9.17, 15) is 8.42 Å². The summed E-state index contributed by atoms with van der Waals surface area (Å²) in [6.07, 6.45) is 0. The zero-order valence-electron chi connectivity index (χ0n) is 8.17. The van der Waals surface area contributed by atoms with E-state index in [1.807, 2.05) is 0 Å². The van der Waals surface area contributed by atoms with E-state index in [1.165, 1.54) is 6.07 Å². The van der Waals surface area contributed by atoms with Crippen molar-refractivity contribution in [2.75, 3.05) is 0 Å². The van der Waals surface area contributed by atoms with Crippen molar-refractivity contribution < 1.29 is 13.0 Å². The average Bonchev–Trinajstić information content (AvgIpc) is 2.13. The Labute approximate surface area is 134 Å². The molecule has 0 bridgehead atoms. The van der Waals surface area contributed by atoms with Crippen molar-refractivity contribution in [1.29, 1.82) is 0 Å². The van der Waals surface area contributed by atoms with Crippen molar-refractivity contribution in [3.8, 4) is 0 Å². The minimum atomic E-state index is -4.52. The molecule has 0 saturated heterocycles. The second-order valence-corrected chi connectivity index (χ2v) is 9.20. The van der Waals surface area contributed by atoms with E-state index in [4.69, 9.17) is 74.2 Å². The summed E-state index contributed by atoms with van der Waals surface area (Å²) < 4.78 is 27.3. The molecule has 0 unspecified atom stereocenters. The van der Waals surface area contributed by atoms with Gasteiger partial charge in [0, 0.05) is 11.1 Å². The highest BCUT2D eigenvalue weighted by Crippen LogP contribution is 2.44. The summed E-state index contributed by atoms with van der Waals surface area (Å²) in [5, 5.41) is 0. The number of alkyl halides is 6. The van der Waals surface area contributed by atoms with Gasteiger partial charge < -0.3 is 0 Å². The first-order valence-corrected chi connectivity index (χ1v) is 7.79. The molecule has 0 aliphatic heterocycles. The van der Waals surface area contributed by atoms with Gasteiger partial charge in [0.05, 0.1) is 4.90 Å². The van der Waals surface area contributed by atoms with Gasteiger partial charge in [-0.25, -0.2) is 0 Å². The van der Waals surface area contributed by atoms with E-state index in [0.717, 1.165) is 12.1 Å². The Balaban J connectivity index is 3.60. The second kappa shape index (κ2) is 5.34. The number of benzene rings is 1. The third-order valence-corrected chi connectivity index (χ3v) is 4.00. The Morgan fingerprint density at radius 3 is 1.39 bits per heavy atom. The maximum Gasteiger partial charge on any atom is 0.294 e. The molecule has 0 atom stereocenters. The smallest absolute Gasteiger partial charge is 0.282 e. The van der Waals surface area contributed by atoms with Gasteiger partial charge in [0.25, 0.3) is 10.1 Å². The summed E-state index contributed by atoms with van der Waals surface area (Å²) in [5.74, 6) is 0. The van der Waals surface area contributed by atoms with Crippen molar-refractivity contribution in [1.82, 2.24) is 0 Å². The molecule has 1 N–H and O–H groups in total. The molecular weight excluding hydrogens is 389 g/mol. The van der Waals surface area contributed by atoms with E-state index in [2.05, 4.69) is 0 Å². The van der Waals surface area contributed by atoms with E-state index in [-0.39, 0.29) is 11.1 Å². The van der Waals surface area contributed by atoms with Crippen LogP contribution in [0.15, 0.2) is 23.1 Å². The summed E-state index contributed by atoms with van der Waals surface area (Å²) in [7, 11) is -4.52. The summed E-state index contributed by atoms with van der Waals surface area (Å²) in [6, 6.07) is 3.17.